The molecule has 5 heteroatoms. The zero-order valence-electron chi connectivity index (χ0n) is 9.50. The van der Waals surface area contributed by atoms with Crippen LogP contribution in [-0.2, 0) is 4.79 Å². The van der Waals surface area contributed by atoms with Crippen molar-refractivity contribution in [3.8, 4) is 5.75 Å². The van der Waals surface area contributed by atoms with E-state index in [1.54, 1.807) is 0 Å². The highest BCUT2D eigenvalue weighted by Crippen LogP contribution is 2.35. The predicted octanol–water partition coefficient (Wildman–Crippen LogP) is 1.71. The molecule has 0 fully saturated rings. The Balaban J connectivity index is 2.47. The predicted molar refractivity (Wildman–Crippen MR) is 63.5 cm³/mol. The van der Waals surface area contributed by atoms with Crippen molar-refractivity contribution in [1.82, 2.24) is 0 Å². The highest BCUT2D eigenvalue weighted by molar-refractivity contribution is 5.98. The number of fused-ring (bicyclic) bond motifs is 1. The number of nitrogen functional groups attached to an aromatic ring is 1. The number of amides is 1. The minimum Gasteiger partial charge on any atom is -0.481 e. The van der Waals surface area contributed by atoms with Crippen LogP contribution in [0.2, 0.25) is 0 Å². The van der Waals surface area contributed by atoms with E-state index < -0.39 is 5.82 Å². The van der Waals surface area contributed by atoms with Gasteiger partial charge in [0.25, 0.3) is 5.91 Å². The summed E-state index contributed by atoms with van der Waals surface area (Å²) in [5.41, 5.74) is 6.80. The highest BCUT2D eigenvalue weighted by atomic mass is 19.1. The molecule has 90 valence electrons. The first-order chi connectivity index (χ1) is 7.99. The van der Waals surface area contributed by atoms with Crippen LogP contribution in [0.25, 0.3) is 0 Å². The molecule has 0 unspecified atom stereocenters. The molecule has 4 nitrogen and oxygen atoms in total. The Hall–Kier alpha value is -2.04. The lowest BCUT2D eigenvalue weighted by Crippen LogP contribution is -2.39. The summed E-state index contributed by atoms with van der Waals surface area (Å²) in [6.07, 6.45) is 0. The summed E-state index contributed by atoms with van der Waals surface area (Å²) in [5, 5.41) is 0. The number of nitrogens with two attached hydrogens (primary N) is 1. The van der Waals surface area contributed by atoms with Crippen LogP contribution in [0.15, 0.2) is 24.3 Å². The van der Waals surface area contributed by atoms with Crippen LogP contribution >= 0.6 is 0 Å². The zero-order chi connectivity index (χ0) is 12.6. The fourth-order valence-electron chi connectivity index (χ4n) is 1.68. The monoisotopic (exact) mass is 236 g/mol. The summed E-state index contributed by atoms with van der Waals surface area (Å²) in [6, 6.07) is 2.60. The molecule has 0 radical (unpaired) electrons. The van der Waals surface area contributed by atoms with Crippen LogP contribution in [0.4, 0.5) is 15.8 Å². The number of hydrogen-bond acceptors (Lipinski definition) is 3. The first-order valence-corrected chi connectivity index (χ1v) is 5.15. The van der Waals surface area contributed by atoms with Crippen molar-refractivity contribution in [3.63, 3.8) is 0 Å². The number of anilines is 2. The minimum absolute atomic E-state index is 0.00577. The molecule has 2 rings (SSSR count). The number of rotatable bonds is 2. The molecule has 17 heavy (non-hydrogen) atoms. The van der Waals surface area contributed by atoms with Gasteiger partial charge < -0.3 is 15.4 Å². The van der Waals surface area contributed by atoms with Crippen LogP contribution in [0.5, 0.6) is 5.75 Å². The molecule has 0 saturated heterocycles. The summed E-state index contributed by atoms with van der Waals surface area (Å²) in [7, 11) is 0. The number of nitrogens with zero attached hydrogens (tertiary/aromatic N) is 1. The van der Waals surface area contributed by atoms with Crippen LogP contribution in [0.3, 0.4) is 0 Å². The normalized spacial score (nSPS) is 14.2. The van der Waals surface area contributed by atoms with Crippen molar-refractivity contribution in [3.05, 3.63) is 30.1 Å². The maximum atomic E-state index is 13.3. The van der Waals surface area contributed by atoms with Crippen molar-refractivity contribution in [2.24, 2.45) is 0 Å². The van der Waals surface area contributed by atoms with Gasteiger partial charge in [-0.05, 0) is 13.0 Å². The van der Waals surface area contributed by atoms with E-state index in [1.165, 1.54) is 17.0 Å². The van der Waals surface area contributed by atoms with E-state index in [4.69, 9.17) is 10.5 Å². The van der Waals surface area contributed by atoms with E-state index in [2.05, 4.69) is 6.58 Å². The molecule has 0 aliphatic carbocycles. The molecule has 1 heterocycles. The second kappa shape index (κ2) is 4.08. The van der Waals surface area contributed by atoms with Crippen molar-refractivity contribution in [1.29, 1.82) is 0 Å². The first kappa shape index (κ1) is 11.4. The Bertz CT molecular complexity index is 500. The van der Waals surface area contributed by atoms with Gasteiger partial charge in [0.2, 0.25) is 0 Å². The van der Waals surface area contributed by atoms with Crippen molar-refractivity contribution in [2.75, 3.05) is 23.8 Å². The fraction of sp³-hybridized carbons (Fsp3) is 0.250. The summed E-state index contributed by atoms with van der Waals surface area (Å²) in [5.74, 6) is -0.405. The maximum absolute atomic E-state index is 13.3. The average Bonchev–Trinajstić information content (AvgIpc) is 2.25. The van der Waals surface area contributed by atoms with Gasteiger partial charge in [-0.2, -0.15) is 0 Å². The Morgan fingerprint density at radius 2 is 2.35 bits per heavy atom. The molecular formula is C12H13FN2O2. The number of carbonyl (C=O) groups excluding carboxylic acids is 1. The quantitative estimate of drug-likeness (QED) is 0.628. The van der Waals surface area contributed by atoms with Gasteiger partial charge in [0.05, 0.1) is 11.4 Å². The SMILES string of the molecule is C=C(C)CN1C(=O)COc2cc(F)c(N)cc21. The molecule has 0 spiro atoms. The summed E-state index contributed by atoms with van der Waals surface area (Å²) < 4.78 is 18.4. The first-order valence-electron chi connectivity index (χ1n) is 5.15. The van der Waals surface area contributed by atoms with Crippen LogP contribution in [-0.4, -0.2) is 19.1 Å². The Kier molecular flexibility index (Phi) is 2.75. The molecule has 1 aromatic carbocycles. The Morgan fingerprint density at radius 1 is 1.65 bits per heavy atom. The smallest absolute Gasteiger partial charge is 0.265 e. The standard InChI is InChI=1S/C12H13FN2O2/c1-7(2)5-15-10-4-9(14)8(13)3-11(10)17-6-12(15)16/h3-4H,1,5-6,14H2,2H3. The van der Waals surface area contributed by atoms with Crippen LogP contribution in [0.1, 0.15) is 6.92 Å². The van der Waals surface area contributed by atoms with Crippen LogP contribution in [0, 0.1) is 5.82 Å². The minimum atomic E-state index is -0.548. The Morgan fingerprint density at radius 3 is 3.00 bits per heavy atom. The molecule has 0 aromatic heterocycles. The highest BCUT2D eigenvalue weighted by Gasteiger charge is 2.26. The summed E-state index contributed by atoms with van der Waals surface area (Å²) in [4.78, 5) is 13.2. The third kappa shape index (κ3) is 2.08. The molecule has 2 N–H and O–H groups in total. The fourth-order valence-corrected chi connectivity index (χ4v) is 1.68. The van der Waals surface area contributed by atoms with E-state index in [0.29, 0.717) is 18.0 Å². The largest absolute Gasteiger partial charge is 0.481 e. The van der Waals surface area contributed by atoms with E-state index in [9.17, 15) is 9.18 Å². The van der Waals surface area contributed by atoms with Gasteiger partial charge in [0, 0.05) is 12.6 Å². The molecule has 0 atom stereocenters. The van der Waals surface area contributed by atoms with Gasteiger partial charge >= 0.3 is 0 Å². The van der Waals surface area contributed by atoms with Gasteiger partial charge in [-0.3, -0.25) is 4.79 Å². The molecule has 0 saturated carbocycles. The van der Waals surface area contributed by atoms with Crippen molar-refractivity contribution < 1.29 is 13.9 Å². The van der Waals surface area contributed by atoms with E-state index in [0.717, 1.165) is 5.57 Å². The van der Waals surface area contributed by atoms with E-state index in [1.807, 2.05) is 6.92 Å². The molecule has 0 bridgehead atoms. The second-order valence-electron chi connectivity index (χ2n) is 4.07. The third-order valence-corrected chi connectivity index (χ3v) is 2.45. The summed E-state index contributed by atoms with van der Waals surface area (Å²) >= 11 is 0. The van der Waals surface area contributed by atoms with E-state index >= 15 is 0 Å². The topological polar surface area (TPSA) is 55.6 Å². The van der Waals surface area contributed by atoms with Gasteiger partial charge in [0.1, 0.15) is 11.6 Å². The molecular weight excluding hydrogens is 223 g/mol. The van der Waals surface area contributed by atoms with Gasteiger partial charge in [-0.15, -0.1) is 0 Å². The van der Waals surface area contributed by atoms with Gasteiger partial charge in [-0.1, -0.05) is 12.2 Å². The van der Waals surface area contributed by atoms with E-state index in [-0.39, 0.29) is 18.2 Å². The lowest BCUT2D eigenvalue weighted by Gasteiger charge is -2.29. The molecule has 1 aliphatic heterocycles. The molecule has 1 aromatic rings. The van der Waals surface area contributed by atoms with Gasteiger partial charge in [0.15, 0.2) is 6.61 Å². The van der Waals surface area contributed by atoms with Gasteiger partial charge in [-0.25, -0.2) is 4.39 Å². The lowest BCUT2D eigenvalue weighted by atomic mass is 10.2. The summed E-state index contributed by atoms with van der Waals surface area (Å²) in [6.45, 7) is 5.85. The number of carbonyl (C=O) groups is 1. The van der Waals surface area contributed by atoms with Crippen LogP contribution < -0.4 is 15.4 Å². The number of benzene rings is 1. The maximum Gasteiger partial charge on any atom is 0.265 e. The number of hydrogen-bond donors (Lipinski definition) is 1. The lowest BCUT2D eigenvalue weighted by molar-refractivity contribution is -0.121. The molecule has 1 aliphatic rings. The molecule has 1 amide bonds. The third-order valence-electron chi connectivity index (χ3n) is 2.45. The Labute approximate surface area is 98.5 Å². The van der Waals surface area contributed by atoms with Crippen molar-refractivity contribution in [2.45, 2.75) is 6.92 Å². The van der Waals surface area contributed by atoms with Crippen molar-refractivity contribution >= 4 is 17.3 Å². The number of ether oxygens (including phenoxy) is 1. The average molecular weight is 236 g/mol. The zero-order valence-corrected chi connectivity index (χ0v) is 9.50. The second-order valence-corrected chi connectivity index (χ2v) is 4.07. The number of halogens is 1.